The number of rotatable bonds is 5. The van der Waals surface area contributed by atoms with Crippen molar-refractivity contribution in [2.24, 2.45) is 0 Å². The molecule has 0 N–H and O–H groups in total. The van der Waals surface area contributed by atoms with Crippen molar-refractivity contribution >= 4 is 11.8 Å². The van der Waals surface area contributed by atoms with Gasteiger partial charge < -0.3 is 9.80 Å². The maximum Gasteiger partial charge on any atom is 0.254 e. The first-order valence-corrected chi connectivity index (χ1v) is 10.1. The molecule has 2 amide bonds. The Morgan fingerprint density at radius 3 is 2.23 bits per heavy atom. The van der Waals surface area contributed by atoms with Gasteiger partial charge in [-0.25, -0.2) is 0 Å². The van der Waals surface area contributed by atoms with Gasteiger partial charge in [-0.15, -0.1) is 0 Å². The number of piperidine rings is 1. The van der Waals surface area contributed by atoms with Crippen LogP contribution in [0.1, 0.15) is 48.5 Å². The summed E-state index contributed by atoms with van der Waals surface area (Å²) in [5.41, 5.74) is 1.95. The summed E-state index contributed by atoms with van der Waals surface area (Å²) in [4.78, 5) is 31.5. The minimum Gasteiger partial charge on any atom is -0.338 e. The molecule has 3 rings (SSSR count). The normalized spacial score (nSPS) is 18.8. The molecule has 0 bridgehead atoms. The molecule has 0 aromatic heterocycles. The van der Waals surface area contributed by atoms with E-state index < -0.39 is 0 Å². The van der Waals surface area contributed by atoms with Crippen LogP contribution in [0.5, 0.6) is 0 Å². The van der Waals surface area contributed by atoms with E-state index in [1.165, 1.54) is 19.3 Å². The highest BCUT2D eigenvalue weighted by atomic mass is 16.2. The third kappa shape index (κ3) is 4.64. The molecular weight excluding hydrogens is 326 g/mol. The first kappa shape index (κ1) is 18.9. The smallest absolute Gasteiger partial charge is 0.254 e. The molecule has 2 aliphatic rings. The lowest BCUT2D eigenvalue weighted by Crippen LogP contribution is -2.53. The third-order valence-electron chi connectivity index (χ3n) is 5.49. The van der Waals surface area contributed by atoms with Crippen LogP contribution >= 0.6 is 0 Å². The van der Waals surface area contributed by atoms with Gasteiger partial charge in [0.25, 0.3) is 5.91 Å². The van der Waals surface area contributed by atoms with Crippen LogP contribution in [0.3, 0.4) is 0 Å². The fraction of sp³-hybridized carbons (Fsp3) is 0.619. The molecule has 0 saturated carbocycles. The Balaban J connectivity index is 1.53. The van der Waals surface area contributed by atoms with Crippen molar-refractivity contribution in [3.05, 3.63) is 35.4 Å². The molecule has 0 aliphatic carbocycles. The zero-order valence-corrected chi connectivity index (χ0v) is 16.0. The Bertz CT molecular complexity index is 617. The van der Waals surface area contributed by atoms with Crippen LogP contribution in [0, 0.1) is 0 Å². The van der Waals surface area contributed by atoms with E-state index in [-0.39, 0.29) is 11.8 Å². The fourth-order valence-electron chi connectivity index (χ4n) is 3.95. The number of amides is 2. The van der Waals surface area contributed by atoms with Crippen LogP contribution in [0.2, 0.25) is 0 Å². The van der Waals surface area contributed by atoms with E-state index in [9.17, 15) is 9.59 Å². The van der Waals surface area contributed by atoms with Crippen LogP contribution in [-0.2, 0) is 11.2 Å². The van der Waals surface area contributed by atoms with Gasteiger partial charge in [0, 0.05) is 31.7 Å². The zero-order valence-electron chi connectivity index (χ0n) is 16.0. The van der Waals surface area contributed by atoms with Crippen LogP contribution in [0.25, 0.3) is 0 Å². The lowest BCUT2D eigenvalue weighted by molar-refractivity contribution is -0.134. The summed E-state index contributed by atoms with van der Waals surface area (Å²) in [5, 5.41) is 0. The predicted octanol–water partition coefficient (Wildman–Crippen LogP) is 2.41. The second-order valence-corrected chi connectivity index (χ2v) is 7.42. The number of hydrogen-bond acceptors (Lipinski definition) is 3. The fourth-order valence-corrected chi connectivity index (χ4v) is 3.95. The number of nitrogens with zero attached hydrogens (tertiary/aromatic N) is 3. The summed E-state index contributed by atoms with van der Waals surface area (Å²) in [6, 6.07) is 7.92. The molecule has 2 aliphatic heterocycles. The molecule has 26 heavy (non-hydrogen) atoms. The summed E-state index contributed by atoms with van der Waals surface area (Å²) in [5.74, 6) is 0.322. The quantitative estimate of drug-likeness (QED) is 0.813. The molecule has 5 nitrogen and oxygen atoms in total. The number of carbonyl (C=O) groups excluding carboxylic acids is 2. The maximum atomic E-state index is 12.9. The number of aryl methyl sites for hydroxylation is 1. The Kier molecular flexibility index (Phi) is 6.67. The van der Waals surface area contributed by atoms with E-state index in [1.54, 1.807) is 0 Å². The molecule has 1 aromatic rings. The number of carbonyl (C=O) groups is 2. The van der Waals surface area contributed by atoms with Gasteiger partial charge in [-0.1, -0.05) is 38.0 Å². The lowest BCUT2D eigenvalue weighted by Gasteiger charge is -2.36. The standard InChI is InChI=1S/C21H31N3O2/c1-2-8-18-9-4-5-10-19(18)21(26)24-15-13-23(14-16-24)20(25)17-22-11-6-3-7-12-22/h4-5,9-10H,2-3,6-8,11-17H2,1H3. The van der Waals surface area contributed by atoms with Crippen LogP contribution < -0.4 is 0 Å². The van der Waals surface area contributed by atoms with E-state index >= 15 is 0 Å². The largest absolute Gasteiger partial charge is 0.338 e. The van der Waals surface area contributed by atoms with Crippen molar-refractivity contribution in [2.45, 2.75) is 39.0 Å². The van der Waals surface area contributed by atoms with Crippen molar-refractivity contribution in [1.82, 2.24) is 14.7 Å². The average molecular weight is 357 g/mol. The van der Waals surface area contributed by atoms with Gasteiger partial charge in [0.05, 0.1) is 6.54 Å². The highest BCUT2D eigenvalue weighted by Gasteiger charge is 2.26. The van der Waals surface area contributed by atoms with Gasteiger partial charge in [0.15, 0.2) is 0 Å². The minimum absolute atomic E-state index is 0.108. The molecule has 2 heterocycles. The highest BCUT2D eigenvalue weighted by molar-refractivity contribution is 5.96. The van der Waals surface area contributed by atoms with E-state index in [4.69, 9.17) is 0 Å². The average Bonchev–Trinajstić information content (AvgIpc) is 2.69. The van der Waals surface area contributed by atoms with Crippen molar-refractivity contribution in [1.29, 1.82) is 0 Å². The van der Waals surface area contributed by atoms with Gasteiger partial charge >= 0.3 is 0 Å². The first-order valence-electron chi connectivity index (χ1n) is 10.1. The number of piperazine rings is 1. The first-order chi connectivity index (χ1) is 12.7. The second-order valence-electron chi connectivity index (χ2n) is 7.42. The Hall–Kier alpha value is -1.88. The second kappa shape index (κ2) is 9.17. The van der Waals surface area contributed by atoms with Crippen LogP contribution in [0.4, 0.5) is 0 Å². The Labute approximate surface area is 156 Å². The van der Waals surface area contributed by atoms with Gasteiger partial charge in [-0.05, 0) is 44.0 Å². The predicted molar refractivity (Wildman–Crippen MR) is 103 cm³/mol. The van der Waals surface area contributed by atoms with Gasteiger partial charge in [0.1, 0.15) is 0 Å². The Morgan fingerprint density at radius 1 is 0.885 bits per heavy atom. The molecule has 0 unspecified atom stereocenters. The Morgan fingerprint density at radius 2 is 1.54 bits per heavy atom. The van der Waals surface area contributed by atoms with E-state index in [0.29, 0.717) is 32.7 Å². The van der Waals surface area contributed by atoms with Crippen molar-refractivity contribution in [2.75, 3.05) is 45.8 Å². The molecular formula is C21H31N3O2. The topological polar surface area (TPSA) is 43.9 Å². The molecule has 5 heteroatoms. The summed E-state index contributed by atoms with van der Waals surface area (Å²) in [6.45, 7) is 7.30. The number of benzene rings is 1. The van der Waals surface area contributed by atoms with Crippen molar-refractivity contribution < 1.29 is 9.59 Å². The van der Waals surface area contributed by atoms with Crippen molar-refractivity contribution in [3.63, 3.8) is 0 Å². The summed E-state index contributed by atoms with van der Waals surface area (Å²) < 4.78 is 0. The number of hydrogen-bond donors (Lipinski definition) is 0. The molecule has 142 valence electrons. The van der Waals surface area contributed by atoms with Crippen LogP contribution in [0.15, 0.2) is 24.3 Å². The van der Waals surface area contributed by atoms with Crippen LogP contribution in [-0.4, -0.2) is 72.3 Å². The van der Waals surface area contributed by atoms with E-state index in [2.05, 4.69) is 17.9 Å². The summed E-state index contributed by atoms with van der Waals surface area (Å²) in [6.07, 6.45) is 5.64. The molecule has 2 fully saturated rings. The molecule has 1 aromatic carbocycles. The monoisotopic (exact) mass is 357 g/mol. The SMILES string of the molecule is CCCc1ccccc1C(=O)N1CCN(C(=O)CN2CCCCC2)CC1. The lowest BCUT2D eigenvalue weighted by atomic mass is 10.0. The molecule has 0 atom stereocenters. The molecule has 0 radical (unpaired) electrons. The van der Waals surface area contributed by atoms with Gasteiger partial charge in [-0.3, -0.25) is 14.5 Å². The van der Waals surface area contributed by atoms with Crippen molar-refractivity contribution in [3.8, 4) is 0 Å². The van der Waals surface area contributed by atoms with E-state index in [1.807, 2.05) is 28.0 Å². The van der Waals surface area contributed by atoms with Gasteiger partial charge in [-0.2, -0.15) is 0 Å². The molecule has 2 saturated heterocycles. The third-order valence-corrected chi connectivity index (χ3v) is 5.49. The zero-order chi connectivity index (χ0) is 18.4. The summed E-state index contributed by atoms with van der Waals surface area (Å²) >= 11 is 0. The molecule has 0 spiro atoms. The number of likely N-dealkylation sites (tertiary alicyclic amines) is 1. The summed E-state index contributed by atoms with van der Waals surface area (Å²) in [7, 11) is 0. The highest BCUT2D eigenvalue weighted by Crippen LogP contribution is 2.16. The maximum absolute atomic E-state index is 12.9. The van der Waals surface area contributed by atoms with E-state index in [0.717, 1.165) is 37.1 Å². The minimum atomic E-state index is 0.108. The van der Waals surface area contributed by atoms with Gasteiger partial charge in [0.2, 0.25) is 5.91 Å².